The number of anilines is 2. The van der Waals surface area contributed by atoms with E-state index in [0.29, 0.717) is 50.2 Å². The van der Waals surface area contributed by atoms with Crippen molar-refractivity contribution >= 4 is 25.7 Å². The fourth-order valence-electron chi connectivity index (χ4n) is 9.73. The second-order valence-corrected chi connectivity index (χ2v) is 32.6. The fourth-order valence-corrected chi connectivity index (χ4v) is 16.0. The molecule has 0 bridgehead atoms. The summed E-state index contributed by atoms with van der Waals surface area (Å²) >= 11 is 0. The minimum atomic E-state index is -2.77. The van der Waals surface area contributed by atoms with Crippen molar-refractivity contribution in [2.24, 2.45) is 5.92 Å². The van der Waals surface area contributed by atoms with Crippen molar-refractivity contribution in [1.29, 1.82) is 0 Å². The third-order valence-electron chi connectivity index (χ3n) is 14.5. The van der Waals surface area contributed by atoms with Crippen LogP contribution in [0, 0.1) is 5.92 Å². The molecule has 0 aliphatic rings. The van der Waals surface area contributed by atoms with E-state index in [9.17, 15) is 9.13 Å². The second kappa shape index (κ2) is 25.1. The highest BCUT2D eigenvalue weighted by Crippen LogP contribution is 2.67. The fraction of sp³-hybridized carbons (Fsp3) is 0.516. The maximum absolute atomic E-state index is 14.5. The summed E-state index contributed by atoms with van der Waals surface area (Å²) in [6.07, 6.45) is 4.85. The Bertz CT molecular complexity index is 2400. The van der Waals surface area contributed by atoms with Gasteiger partial charge in [0, 0.05) is 69.3 Å². The SMILES string of the molecule is CCCCC(CC)COc1cc(CN(Cc2ccccc2OC)c2ccc(OCP(=O)(C(C)(C)C)C(C)(C)C)cc2)cc(CN(Cc2ccccc2OC)c2ccc(OCP(=O)(C(C)(C)C)C(C)(C)C)cc2)c1. The molecule has 400 valence electrons. The molecule has 0 N–H and O–H groups in total. The maximum atomic E-state index is 14.5. The lowest BCUT2D eigenvalue weighted by atomic mass is 10.0. The highest BCUT2D eigenvalue weighted by molar-refractivity contribution is 7.67. The van der Waals surface area contributed by atoms with Crippen LogP contribution in [0.2, 0.25) is 0 Å². The molecule has 0 aliphatic heterocycles. The summed E-state index contributed by atoms with van der Waals surface area (Å²) in [5.41, 5.74) is 6.34. The molecule has 0 spiro atoms. The van der Waals surface area contributed by atoms with Crippen LogP contribution in [0.15, 0.2) is 115 Å². The van der Waals surface area contributed by atoms with Gasteiger partial charge in [0.15, 0.2) is 0 Å². The molecular weight excluding hydrogens is 947 g/mol. The molecule has 0 heterocycles. The molecule has 0 amide bonds. The summed E-state index contributed by atoms with van der Waals surface area (Å²) in [4.78, 5) is 4.72. The molecule has 0 radical (unpaired) electrons. The van der Waals surface area contributed by atoms with E-state index in [2.05, 4.69) is 173 Å². The number of hydrogen-bond donors (Lipinski definition) is 0. The molecule has 0 saturated carbocycles. The number of unbranched alkanes of at least 4 members (excludes halogenated alkanes) is 1. The molecule has 0 aromatic heterocycles. The Balaban J connectivity index is 1.56. The quantitative estimate of drug-likeness (QED) is 0.0531. The predicted octanol–water partition coefficient (Wildman–Crippen LogP) is 17.3. The van der Waals surface area contributed by atoms with E-state index in [1.165, 1.54) is 6.42 Å². The number of benzene rings is 5. The van der Waals surface area contributed by atoms with Crippen molar-refractivity contribution in [3.05, 3.63) is 138 Å². The molecule has 0 fully saturated rings. The van der Waals surface area contributed by atoms with Crippen LogP contribution in [0.3, 0.4) is 0 Å². The normalized spacial score (nSPS) is 13.0. The molecule has 0 aliphatic carbocycles. The minimum absolute atomic E-state index is 0.168. The Morgan fingerprint density at radius 3 is 1.21 bits per heavy atom. The first kappa shape index (κ1) is 59.0. The van der Waals surface area contributed by atoms with E-state index in [0.717, 1.165) is 70.1 Å². The minimum Gasteiger partial charge on any atom is -0.496 e. The molecule has 11 heteroatoms. The molecule has 1 atom stereocenters. The van der Waals surface area contributed by atoms with E-state index < -0.39 is 34.9 Å². The van der Waals surface area contributed by atoms with Crippen LogP contribution in [0.4, 0.5) is 11.4 Å². The van der Waals surface area contributed by atoms with Gasteiger partial charge in [0.25, 0.3) is 0 Å². The van der Waals surface area contributed by atoms with E-state index in [4.69, 9.17) is 23.7 Å². The average Bonchev–Trinajstić information content (AvgIpc) is 3.33. The lowest BCUT2D eigenvalue weighted by molar-refractivity contribution is 0.233. The number of rotatable bonds is 25. The molecule has 1 unspecified atom stereocenters. The van der Waals surface area contributed by atoms with Gasteiger partial charge in [0.2, 0.25) is 0 Å². The van der Waals surface area contributed by atoms with Crippen LogP contribution in [-0.4, -0.2) is 54.1 Å². The third-order valence-corrected chi connectivity index (χ3v) is 24.1. The summed E-state index contributed by atoms with van der Waals surface area (Å²) in [7, 11) is -2.11. The van der Waals surface area contributed by atoms with Gasteiger partial charge in [-0.25, -0.2) is 0 Å². The number of hydrogen-bond acceptors (Lipinski definition) is 9. The standard InChI is InChI=1S/C62H90N2O7P2/c1-17-19-24-47(18-2)44-69-56-38-48(40-63(42-50-25-20-22-27-57(50)67-15)52-29-33-54(34-30-52)70-45-72(65,59(3,4)5)60(6,7)8)37-49(39-56)41-64(43-51-26-21-23-28-58(51)68-16)53-31-35-55(36-32-53)71-46-73(66,61(9,10)11)62(12,13)14/h20-23,25-39,47H,17-19,24,40-46H2,1-16H3. The number of ether oxygens (including phenoxy) is 5. The zero-order valence-electron chi connectivity index (χ0n) is 47.5. The van der Waals surface area contributed by atoms with Crippen molar-refractivity contribution in [2.45, 2.75) is 169 Å². The van der Waals surface area contributed by atoms with Crippen LogP contribution in [0.25, 0.3) is 0 Å². The molecular formula is C62H90N2O7P2. The van der Waals surface area contributed by atoms with Gasteiger partial charge in [-0.15, -0.1) is 0 Å². The van der Waals surface area contributed by atoms with Gasteiger partial charge in [0.05, 0.1) is 20.8 Å². The Morgan fingerprint density at radius 1 is 0.479 bits per heavy atom. The highest BCUT2D eigenvalue weighted by Gasteiger charge is 2.48. The Labute approximate surface area is 441 Å². The van der Waals surface area contributed by atoms with Crippen LogP contribution in [-0.2, 0) is 35.3 Å². The lowest BCUT2D eigenvalue weighted by Gasteiger charge is -2.40. The average molecular weight is 1040 g/mol. The summed E-state index contributed by atoms with van der Waals surface area (Å²) in [6.45, 7) is 32.1. The number of methoxy groups -OCH3 is 2. The molecule has 5 rings (SSSR count). The Kier molecular flexibility index (Phi) is 20.3. The third kappa shape index (κ3) is 15.4. The van der Waals surface area contributed by atoms with E-state index in [-0.39, 0.29) is 12.7 Å². The number of nitrogens with zero attached hydrogens (tertiary/aromatic N) is 2. The van der Waals surface area contributed by atoms with Gasteiger partial charge in [-0.2, -0.15) is 0 Å². The van der Waals surface area contributed by atoms with Gasteiger partial charge >= 0.3 is 0 Å². The van der Waals surface area contributed by atoms with Gasteiger partial charge < -0.3 is 42.6 Å². The molecule has 73 heavy (non-hydrogen) atoms. The molecule has 0 saturated heterocycles. The highest BCUT2D eigenvalue weighted by atomic mass is 31.2. The van der Waals surface area contributed by atoms with Crippen LogP contribution in [0.5, 0.6) is 28.7 Å². The van der Waals surface area contributed by atoms with Crippen LogP contribution in [0.1, 0.15) is 145 Å². The summed E-state index contributed by atoms with van der Waals surface area (Å²) in [6, 6.07) is 39.4. The Morgan fingerprint density at radius 2 is 0.863 bits per heavy atom. The topological polar surface area (TPSA) is 86.8 Å². The van der Waals surface area contributed by atoms with Gasteiger partial charge in [-0.05, 0) is 96.3 Å². The first-order valence-electron chi connectivity index (χ1n) is 26.4. The monoisotopic (exact) mass is 1040 g/mol. The summed E-state index contributed by atoms with van der Waals surface area (Å²) in [5.74, 6) is 4.32. The molecule has 9 nitrogen and oxygen atoms in total. The molecule has 5 aromatic carbocycles. The first-order chi connectivity index (χ1) is 34.2. The largest absolute Gasteiger partial charge is 0.496 e. The second-order valence-electron chi connectivity index (χ2n) is 23.7. The van der Waals surface area contributed by atoms with E-state index >= 15 is 0 Å². The zero-order chi connectivity index (χ0) is 53.8. The predicted molar refractivity (Wildman–Crippen MR) is 309 cm³/mol. The van der Waals surface area contributed by atoms with Crippen molar-refractivity contribution in [2.75, 3.05) is 43.3 Å². The lowest BCUT2D eigenvalue weighted by Crippen LogP contribution is -2.31. The zero-order valence-corrected chi connectivity index (χ0v) is 49.3. The van der Waals surface area contributed by atoms with Crippen molar-refractivity contribution in [3.8, 4) is 28.7 Å². The van der Waals surface area contributed by atoms with E-state index in [1.807, 2.05) is 48.5 Å². The van der Waals surface area contributed by atoms with Gasteiger partial charge in [0.1, 0.15) is 55.7 Å². The Hall–Kier alpha value is -4.84. The van der Waals surface area contributed by atoms with Crippen molar-refractivity contribution in [3.63, 3.8) is 0 Å². The summed E-state index contributed by atoms with van der Waals surface area (Å²) < 4.78 is 60.3. The van der Waals surface area contributed by atoms with Crippen LogP contribution >= 0.6 is 14.3 Å². The van der Waals surface area contributed by atoms with Gasteiger partial charge in [-0.1, -0.05) is 159 Å². The number of para-hydroxylation sites is 2. The van der Waals surface area contributed by atoms with Crippen LogP contribution < -0.4 is 33.5 Å². The van der Waals surface area contributed by atoms with Gasteiger partial charge in [-0.3, -0.25) is 0 Å². The summed E-state index contributed by atoms with van der Waals surface area (Å²) in [5, 5.41) is -1.62. The first-order valence-corrected chi connectivity index (χ1v) is 30.2. The molecule has 5 aromatic rings. The maximum Gasteiger partial charge on any atom is 0.142 e. The smallest absolute Gasteiger partial charge is 0.142 e. The van der Waals surface area contributed by atoms with Crippen molar-refractivity contribution in [1.82, 2.24) is 0 Å². The van der Waals surface area contributed by atoms with Crippen molar-refractivity contribution < 1.29 is 32.8 Å². The van der Waals surface area contributed by atoms with E-state index in [1.54, 1.807) is 14.2 Å².